The maximum atomic E-state index is 14.8. The highest BCUT2D eigenvalue weighted by atomic mass is 19.1. The molecule has 1 aliphatic rings. The summed E-state index contributed by atoms with van der Waals surface area (Å²) in [4.78, 5) is 8.62. The van der Waals surface area contributed by atoms with E-state index >= 15 is 0 Å². The highest BCUT2D eigenvalue weighted by Gasteiger charge is 2.24. The van der Waals surface area contributed by atoms with E-state index in [0.717, 1.165) is 0 Å². The molecule has 0 bridgehead atoms. The molecule has 5 rings (SSSR count). The highest BCUT2D eigenvalue weighted by Crippen LogP contribution is 2.34. The molecule has 1 unspecified atom stereocenters. The second kappa shape index (κ2) is 8.04. The Labute approximate surface area is 181 Å². The molecular weight excluding hydrogens is 418 g/mol. The van der Waals surface area contributed by atoms with Crippen molar-refractivity contribution in [2.24, 2.45) is 0 Å². The number of nitrogen functional groups attached to an aromatic ring is 2. The Morgan fingerprint density at radius 3 is 2.50 bits per heavy atom. The first-order chi connectivity index (χ1) is 15.5. The quantitative estimate of drug-likeness (QED) is 0.492. The number of rotatable bonds is 5. The van der Waals surface area contributed by atoms with E-state index in [2.05, 4.69) is 15.1 Å². The van der Waals surface area contributed by atoms with Crippen LogP contribution in [-0.4, -0.2) is 39.1 Å². The van der Waals surface area contributed by atoms with Gasteiger partial charge in [0.25, 0.3) is 0 Å². The van der Waals surface area contributed by atoms with Gasteiger partial charge in [-0.05, 0) is 12.1 Å². The zero-order valence-electron chi connectivity index (χ0n) is 17.0. The molecule has 1 aliphatic heterocycles. The number of hydrogen-bond acceptors (Lipinski definition) is 7. The van der Waals surface area contributed by atoms with Crippen molar-refractivity contribution in [1.29, 1.82) is 0 Å². The summed E-state index contributed by atoms with van der Waals surface area (Å²) in [5.74, 6) is -0.500. The minimum atomic E-state index is -0.500. The zero-order valence-corrected chi connectivity index (χ0v) is 17.0. The van der Waals surface area contributed by atoms with Crippen LogP contribution in [0.2, 0.25) is 0 Å². The highest BCUT2D eigenvalue weighted by molar-refractivity contribution is 5.92. The lowest BCUT2D eigenvalue weighted by molar-refractivity contribution is 0.142. The summed E-state index contributed by atoms with van der Waals surface area (Å²) in [7, 11) is 0. The summed E-state index contributed by atoms with van der Waals surface area (Å²) in [6.45, 7) is 1.06. The van der Waals surface area contributed by atoms with Gasteiger partial charge in [0.1, 0.15) is 28.9 Å². The molecule has 1 fully saturated rings. The molecule has 3 heterocycles. The maximum Gasteiger partial charge on any atom is 0.204 e. The van der Waals surface area contributed by atoms with Crippen LogP contribution in [0.25, 0.3) is 22.4 Å². The van der Waals surface area contributed by atoms with E-state index in [0.29, 0.717) is 30.6 Å². The fraction of sp³-hybridized carbons (Fsp3) is 0.227. The second-order valence-corrected chi connectivity index (χ2v) is 7.48. The van der Waals surface area contributed by atoms with Crippen LogP contribution in [0.3, 0.4) is 0 Å². The third-order valence-electron chi connectivity index (χ3n) is 5.30. The third-order valence-corrected chi connectivity index (χ3v) is 5.30. The number of benzene rings is 2. The van der Waals surface area contributed by atoms with Gasteiger partial charge in [-0.3, -0.25) is 4.68 Å². The first-order valence-corrected chi connectivity index (χ1v) is 10.1. The van der Waals surface area contributed by atoms with Gasteiger partial charge in [-0.1, -0.05) is 30.3 Å². The topological polar surface area (TPSA) is 114 Å². The molecule has 0 spiro atoms. The van der Waals surface area contributed by atoms with Gasteiger partial charge in [-0.15, -0.1) is 0 Å². The Bertz CT molecular complexity index is 1280. The lowest BCUT2D eigenvalue weighted by Gasteiger charge is -2.15. The van der Waals surface area contributed by atoms with E-state index in [1.54, 1.807) is 30.3 Å². The van der Waals surface area contributed by atoms with Crippen LogP contribution in [0.4, 0.5) is 20.4 Å². The van der Waals surface area contributed by atoms with Gasteiger partial charge in [0.15, 0.2) is 17.5 Å². The maximum absolute atomic E-state index is 14.8. The van der Waals surface area contributed by atoms with E-state index in [-0.39, 0.29) is 47.1 Å². The molecule has 32 heavy (non-hydrogen) atoms. The molecule has 10 heteroatoms. The molecule has 0 radical (unpaired) electrons. The molecule has 0 amide bonds. The molecule has 0 saturated carbocycles. The fourth-order valence-electron chi connectivity index (χ4n) is 3.75. The van der Waals surface area contributed by atoms with Crippen LogP contribution < -0.4 is 16.2 Å². The lowest BCUT2D eigenvalue weighted by Crippen LogP contribution is -2.18. The molecule has 4 aromatic rings. The Morgan fingerprint density at radius 1 is 1.03 bits per heavy atom. The Morgan fingerprint density at radius 2 is 1.78 bits per heavy atom. The summed E-state index contributed by atoms with van der Waals surface area (Å²) >= 11 is 0. The van der Waals surface area contributed by atoms with Gasteiger partial charge in [0, 0.05) is 17.4 Å². The molecule has 1 saturated heterocycles. The molecule has 8 nitrogen and oxygen atoms in total. The zero-order chi connectivity index (χ0) is 22.2. The average molecular weight is 438 g/mol. The number of para-hydroxylation sites is 1. The van der Waals surface area contributed by atoms with E-state index in [1.807, 2.05) is 0 Å². The molecule has 0 aliphatic carbocycles. The first kappa shape index (κ1) is 20.1. The van der Waals surface area contributed by atoms with Crippen molar-refractivity contribution in [3.8, 4) is 17.3 Å². The molecule has 4 N–H and O–H groups in total. The van der Waals surface area contributed by atoms with Crippen LogP contribution in [-0.2, 0) is 11.3 Å². The van der Waals surface area contributed by atoms with Gasteiger partial charge >= 0.3 is 0 Å². The van der Waals surface area contributed by atoms with Crippen molar-refractivity contribution < 1.29 is 18.3 Å². The van der Waals surface area contributed by atoms with E-state index in [4.69, 9.17) is 20.9 Å². The normalized spacial score (nSPS) is 16.0. The summed E-state index contributed by atoms with van der Waals surface area (Å²) in [6.07, 6.45) is 0.536. The van der Waals surface area contributed by atoms with Gasteiger partial charge < -0.3 is 20.9 Å². The van der Waals surface area contributed by atoms with E-state index in [1.165, 1.54) is 16.8 Å². The fourth-order valence-corrected chi connectivity index (χ4v) is 3.75. The van der Waals surface area contributed by atoms with Gasteiger partial charge in [0.05, 0.1) is 19.8 Å². The number of fused-ring (bicyclic) bond motifs is 1. The Hall–Kier alpha value is -3.79. The SMILES string of the molecule is Nc1nc(-c2nn(Cc3ccccc3F)c3c(F)cccc23)nc(N)c1OC1CCOC1. The number of anilines is 2. The van der Waals surface area contributed by atoms with Crippen LogP contribution in [0.15, 0.2) is 42.5 Å². The molecule has 1 atom stereocenters. The number of ether oxygens (including phenoxy) is 2. The van der Waals surface area contributed by atoms with Crippen molar-refractivity contribution in [3.05, 3.63) is 59.7 Å². The summed E-state index contributed by atoms with van der Waals surface area (Å²) in [6, 6.07) is 10.8. The minimum absolute atomic E-state index is 0.0257. The van der Waals surface area contributed by atoms with Gasteiger partial charge in [0.2, 0.25) is 5.75 Å². The first-order valence-electron chi connectivity index (χ1n) is 10.1. The van der Waals surface area contributed by atoms with Crippen molar-refractivity contribution in [3.63, 3.8) is 0 Å². The largest absolute Gasteiger partial charge is 0.481 e. The predicted octanol–water partition coefficient (Wildman–Crippen LogP) is 3.15. The van der Waals surface area contributed by atoms with Crippen molar-refractivity contribution in [1.82, 2.24) is 19.7 Å². The molecule has 2 aromatic carbocycles. The van der Waals surface area contributed by atoms with Crippen molar-refractivity contribution >= 4 is 22.5 Å². The average Bonchev–Trinajstić information content (AvgIpc) is 3.41. The minimum Gasteiger partial charge on any atom is -0.481 e. The lowest BCUT2D eigenvalue weighted by atomic mass is 10.2. The number of nitrogens with two attached hydrogens (primary N) is 2. The molecular formula is C22H20F2N6O2. The number of aromatic nitrogens is 4. The summed E-state index contributed by atoms with van der Waals surface area (Å²) in [5, 5.41) is 4.94. The Balaban J connectivity index is 1.58. The predicted molar refractivity (Wildman–Crippen MR) is 115 cm³/mol. The number of nitrogens with zero attached hydrogens (tertiary/aromatic N) is 4. The summed E-state index contributed by atoms with van der Waals surface area (Å²) in [5.41, 5.74) is 13.1. The Kier molecular flexibility index (Phi) is 5.06. The number of hydrogen-bond donors (Lipinski definition) is 2. The van der Waals surface area contributed by atoms with Crippen LogP contribution in [0.5, 0.6) is 5.75 Å². The van der Waals surface area contributed by atoms with Crippen LogP contribution in [0.1, 0.15) is 12.0 Å². The van der Waals surface area contributed by atoms with Gasteiger partial charge in [-0.2, -0.15) is 5.10 Å². The third kappa shape index (κ3) is 3.58. The summed E-state index contributed by atoms with van der Waals surface area (Å²) < 4.78 is 41.4. The second-order valence-electron chi connectivity index (χ2n) is 7.48. The molecule has 2 aromatic heterocycles. The van der Waals surface area contributed by atoms with Crippen molar-refractivity contribution in [2.45, 2.75) is 19.1 Å². The van der Waals surface area contributed by atoms with Crippen LogP contribution in [0, 0.1) is 11.6 Å². The van der Waals surface area contributed by atoms with E-state index in [9.17, 15) is 8.78 Å². The smallest absolute Gasteiger partial charge is 0.204 e. The van der Waals surface area contributed by atoms with E-state index < -0.39 is 11.6 Å². The van der Waals surface area contributed by atoms with Crippen LogP contribution >= 0.6 is 0 Å². The monoisotopic (exact) mass is 438 g/mol. The molecule has 164 valence electrons. The van der Waals surface area contributed by atoms with Gasteiger partial charge in [-0.25, -0.2) is 18.7 Å². The number of halogens is 2. The van der Waals surface area contributed by atoms with Crippen molar-refractivity contribution in [2.75, 3.05) is 24.7 Å². The standard InChI is InChI=1S/C22H20F2N6O2/c23-15-6-2-1-4-12(15)10-30-18-14(5-3-7-16(18)24)17(29-30)22-27-20(25)19(21(26)28-22)32-13-8-9-31-11-13/h1-7,13H,8-11H2,(H4,25,26,27,28).